The molecule has 2 N–H and O–H groups in total. The summed E-state index contributed by atoms with van der Waals surface area (Å²) in [6.45, 7) is 2.94. The van der Waals surface area contributed by atoms with Crippen LogP contribution in [0.15, 0.2) is 18.2 Å². The lowest BCUT2D eigenvalue weighted by atomic mass is 9.98. The Bertz CT molecular complexity index is 492. The number of rotatable bonds is 3. The fourth-order valence-corrected chi connectivity index (χ4v) is 2.60. The van der Waals surface area contributed by atoms with Crippen LogP contribution in [0.3, 0.4) is 0 Å². The third kappa shape index (κ3) is 2.76. The molecule has 1 unspecified atom stereocenters. The van der Waals surface area contributed by atoms with Gasteiger partial charge in [-0.1, -0.05) is 0 Å². The first-order valence-corrected chi connectivity index (χ1v) is 6.41. The van der Waals surface area contributed by atoms with Gasteiger partial charge in [-0.05, 0) is 38.0 Å². The van der Waals surface area contributed by atoms with Crippen LogP contribution in [0.1, 0.15) is 25.3 Å². The van der Waals surface area contributed by atoms with Crippen LogP contribution in [0, 0.1) is 11.6 Å². The molecule has 0 radical (unpaired) electrons. The summed E-state index contributed by atoms with van der Waals surface area (Å²) >= 11 is 0. The summed E-state index contributed by atoms with van der Waals surface area (Å²) in [4.78, 5) is 13.9. The predicted octanol–water partition coefficient (Wildman–Crippen LogP) is 1.85. The zero-order valence-corrected chi connectivity index (χ0v) is 11.0. The van der Waals surface area contributed by atoms with Gasteiger partial charge in [0.15, 0.2) is 0 Å². The van der Waals surface area contributed by atoms with Gasteiger partial charge in [0, 0.05) is 18.7 Å². The first kappa shape index (κ1) is 13.9. The van der Waals surface area contributed by atoms with Crippen LogP contribution < -0.4 is 5.73 Å². The Labute approximate surface area is 111 Å². The summed E-state index contributed by atoms with van der Waals surface area (Å²) in [5.74, 6) is -1.29. The molecule has 19 heavy (non-hydrogen) atoms. The standard InChI is InChI=1S/C14H18F2N2O/c1-14(9-17)5-2-6-18(14)13(19)8-10-7-11(15)3-4-12(10)16/h3-4,7H,2,5-6,8-9,17H2,1H3. The summed E-state index contributed by atoms with van der Waals surface area (Å²) in [5, 5.41) is 0. The largest absolute Gasteiger partial charge is 0.336 e. The van der Waals surface area contributed by atoms with Crippen molar-refractivity contribution < 1.29 is 13.6 Å². The molecule has 1 fully saturated rings. The number of hydrogen-bond acceptors (Lipinski definition) is 2. The molecule has 104 valence electrons. The summed E-state index contributed by atoms with van der Waals surface area (Å²) in [6.07, 6.45) is 1.62. The molecular weight excluding hydrogens is 250 g/mol. The van der Waals surface area contributed by atoms with Crippen LogP contribution in [0.5, 0.6) is 0 Å². The van der Waals surface area contributed by atoms with Gasteiger partial charge in [-0.25, -0.2) is 8.78 Å². The molecule has 0 aromatic heterocycles. The van der Waals surface area contributed by atoms with Crippen molar-refractivity contribution in [3.63, 3.8) is 0 Å². The van der Waals surface area contributed by atoms with E-state index in [0.29, 0.717) is 13.1 Å². The van der Waals surface area contributed by atoms with E-state index in [-0.39, 0.29) is 23.4 Å². The molecule has 1 aromatic carbocycles. The Morgan fingerprint density at radius 3 is 2.89 bits per heavy atom. The highest BCUT2D eigenvalue weighted by Gasteiger charge is 2.38. The molecule has 2 rings (SSSR count). The summed E-state index contributed by atoms with van der Waals surface area (Å²) < 4.78 is 26.6. The maximum Gasteiger partial charge on any atom is 0.227 e. The monoisotopic (exact) mass is 268 g/mol. The normalized spacial score (nSPS) is 22.8. The van der Waals surface area contributed by atoms with Gasteiger partial charge < -0.3 is 10.6 Å². The second kappa shape index (κ2) is 5.25. The SMILES string of the molecule is CC1(CN)CCCN1C(=O)Cc1cc(F)ccc1F. The minimum absolute atomic E-state index is 0.0938. The molecule has 1 saturated heterocycles. The molecule has 1 heterocycles. The maximum absolute atomic E-state index is 13.5. The molecule has 3 nitrogen and oxygen atoms in total. The number of carbonyl (C=O) groups is 1. The lowest BCUT2D eigenvalue weighted by Gasteiger charge is -2.34. The topological polar surface area (TPSA) is 46.3 Å². The van der Waals surface area contributed by atoms with Crippen LogP contribution in [0.4, 0.5) is 8.78 Å². The number of hydrogen-bond donors (Lipinski definition) is 1. The molecular formula is C14H18F2N2O. The highest BCUT2D eigenvalue weighted by atomic mass is 19.1. The van der Waals surface area contributed by atoms with Gasteiger partial charge in [-0.15, -0.1) is 0 Å². The second-order valence-electron chi connectivity index (χ2n) is 5.26. The fraction of sp³-hybridized carbons (Fsp3) is 0.500. The van der Waals surface area contributed by atoms with Crippen molar-refractivity contribution in [1.82, 2.24) is 4.90 Å². The Hall–Kier alpha value is -1.49. The summed E-state index contributed by atoms with van der Waals surface area (Å²) in [6, 6.07) is 3.16. The van der Waals surface area contributed by atoms with E-state index in [9.17, 15) is 13.6 Å². The zero-order valence-electron chi connectivity index (χ0n) is 11.0. The van der Waals surface area contributed by atoms with E-state index in [1.165, 1.54) is 0 Å². The van der Waals surface area contributed by atoms with Gasteiger partial charge in [-0.2, -0.15) is 0 Å². The van der Waals surface area contributed by atoms with E-state index < -0.39 is 11.6 Å². The van der Waals surface area contributed by atoms with Gasteiger partial charge >= 0.3 is 0 Å². The number of nitrogens with two attached hydrogens (primary N) is 1. The van der Waals surface area contributed by atoms with Crippen molar-refractivity contribution in [1.29, 1.82) is 0 Å². The van der Waals surface area contributed by atoms with Crippen molar-refractivity contribution in [2.24, 2.45) is 5.73 Å². The zero-order chi connectivity index (χ0) is 14.0. The molecule has 1 aromatic rings. The summed E-state index contributed by atoms with van der Waals surface area (Å²) in [5.41, 5.74) is 5.45. The van der Waals surface area contributed by atoms with Crippen LogP contribution in [0.2, 0.25) is 0 Å². The van der Waals surface area contributed by atoms with Gasteiger partial charge in [0.2, 0.25) is 5.91 Å². The molecule has 1 atom stereocenters. The molecule has 1 amide bonds. The van der Waals surface area contributed by atoms with E-state index in [2.05, 4.69) is 0 Å². The number of halogens is 2. The lowest BCUT2D eigenvalue weighted by Crippen LogP contribution is -2.50. The quantitative estimate of drug-likeness (QED) is 0.909. The summed E-state index contributed by atoms with van der Waals surface area (Å²) in [7, 11) is 0. The Morgan fingerprint density at radius 1 is 1.47 bits per heavy atom. The number of carbonyl (C=O) groups excluding carboxylic acids is 1. The molecule has 1 aliphatic rings. The van der Waals surface area contributed by atoms with Gasteiger partial charge in [0.05, 0.1) is 12.0 Å². The van der Waals surface area contributed by atoms with E-state index in [0.717, 1.165) is 31.0 Å². The highest BCUT2D eigenvalue weighted by molar-refractivity contribution is 5.80. The Balaban J connectivity index is 2.15. The Morgan fingerprint density at radius 2 is 2.21 bits per heavy atom. The smallest absolute Gasteiger partial charge is 0.227 e. The van der Waals surface area contributed by atoms with Crippen molar-refractivity contribution >= 4 is 5.91 Å². The van der Waals surface area contributed by atoms with Gasteiger partial charge in [-0.3, -0.25) is 4.79 Å². The number of amides is 1. The first-order valence-electron chi connectivity index (χ1n) is 6.41. The first-order chi connectivity index (χ1) is 8.96. The third-order valence-electron chi connectivity index (χ3n) is 3.84. The Kier molecular flexibility index (Phi) is 3.85. The van der Waals surface area contributed by atoms with Crippen LogP contribution >= 0.6 is 0 Å². The minimum Gasteiger partial charge on any atom is -0.336 e. The average molecular weight is 268 g/mol. The average Bonchev–Trinajstić information content (AvgIpc) is 2.77. The van der Waals surface area contributed by atoms with E-state index >= 15 is 0 Å². The molecule has 1 aliphatic heterocycles. The number of benzene rings is 1. The van der Waals surface area contributed by atoms with E-state index in [1.54, 1.807) is 4.90 Å². The third-order valence-corrected chi connectivity index (χ3v) is 3.84. The van der Waals surface area contributed by atoms with Crippen molar-refractivity contribution in [3.05, 3.63) is 35.4 Å². The fourth-order valence-electron chi connectivity index (χ4n) is 2.60. The van der Waals surface area contributed by atoms with Crippen molar-refractivity contribution in [2.75, 3.05) is 13.1 Å². The highest BCUT2D eigenvalue weighted by Crippen LogP contribution is 2.28. The molecule has 5 heteroatoms. The maximum atomic E-state index is 13.5. The van der Waals surface area contributed by atoms with Gasteiger partial charge in [0.25, 0.3) is 0 Å². The van der Waals surface area contributed by atoms with Crippen molar-refractivity contribution in [3.8, 4) is 0 Å². The number of likely N-dealkylation sites (tertiary alicyclic amines) is 1. The van der Waals surface area contributed by atoms with Crippen LogP contribution in [0.25, 0.3) is 0 Å². The number of nitrogens with zero attached hydrogens (tertiary/aromatic N) is 1. The predicted molar refractivity (Wildman–Crippen MR) is 68.5 cm³/mol. The van der Waals surface area contributed by atoms with Crippen molar-refractivity contribution in [2.45, 2.75) is 31.7 Å². The van der Waals surface area contributed by atoms with E-state index in [1.807, 2.05) is 6.92 Å². The van der Waals surface area contributed by atoms with Crippen LogP contribution in [-0.4, -0.2) is 29.4 Å². The second-order valence-corrected chi connectivity index (χ2v) is 5.26. The minimum atomic E-state index is -0.552. The molecule has 0 aliphatic carbocycles. The van der Waals surface area contributed by atoms with Crippen LogP contribution in [-0.2, 0) is 11.2 Å². The molecule has 0 spiro atoms. The molecule has 0 saturated carbocycles. The van der Waals surface area contributed by atoms with Gasteiger partial charge in [0.1, 0.15) is 11.6 Å². The molecule has 0 bridgehead atoms. The lowest BCUT2D eigenvalue weighted by molar-refractivity contribution is -0.133. The van der Waals surface area contributed by atoms with E-state index in [4.69, 9.17) is 5.73 Å².